The van der Waals surface area contributed by atoms with E-state index < -0.39 is 0 Å². The number of likely N-dealkylation sites (N-methyl/N-ethyl adjacent to an activating group) is 1. The van der Waals surface area contributed by atoms with E-state index in [9.17, 15) is 4.79 Å². The summed E-state index contributed by atoms with van der Waals surface area (Å²) in [5, 5.41) is 1.07. The number of piperidine rings is 1. The maximum absolute atomic E-state index is 13.1. The summed E-state index contributed by atoms with van der Waals surface area (Å²) >= 11 is 1.58. The number of amides is 1. The van der Waals surface area contributed by atoms with Crippen LogP contribution in [0.15, 0.2) is 36.5 Å². The number of thiazole rings is 1. The van der Waals surface area contributed by atoms with Crippen molar-refractivity contribution in [2.24, 2.45) is 0 Å². The lowest BCUT2D eigenvalue weighted by Crippen LogP contribution is -2.48. The van der Waals surface area contributed by atoms with Crippen molar-refractivity contribution in [3.05, 3.63) is 52.0 Å². The predicted octanol–water partition coefficient (Wildman–Crippen LogP) is 3.52. The Labute approximate surface area is 178 Å². The molecular formula is C23H32N4OS. The molecule has 2 fully saturated rings. The largest absolute Gasteiger partial charge is 0.336 e. The molecule has 0 saturated carbocycles. The average molecular weight is 413 g/mol. The molecule has 3 heterocycles. The second kappa shape index (κ2) is 9.83. The van der Waals surface area contributed by atoms with E-state index >= 15 is 0 Å². The molecular weight excluding hydrogens is 380 g/mol. The van der Waals surface area contributed by atoms with Gasteiger partial charge in [-0.05, 0) is 57.8 Å². The number of carbonyl (C=O) groups is 1. The molecule has 0 aliphatic carbocycles. The summed E-state index contributed by atoms with van der Waals surface area (Å²) in [7, 11) is 2.20. The number of aromatic nitrogens is 1. The van der Waals surface area contributed by atoms with Crippen molar-refractivity contribution in [1.29, 1.82) is 0 Å². The third kappa shape index (κ3) is 5.44. The second-order valence-corrected chi connectivity index (χ2v) is 9.48. The van der Waals surface area contributed by atoms with E-state index in [-0.39, 0.29) is 5.91 Å². The zero-order valence-corrected chi connectivity index (χ0v) is 18.2. The molecule has 2 aliphatic rings. The molecule has 0 N–H and O–H groups in total. The maximum Gasteiger partial charge on any atom is 0.265 e. The average Bonchev–Trinajstić information content (AvgIpc) is 3.45. The van der Waals surface area contributed by atoms with Crippen LogP contribution in [0.1, 0.15) is 45.9 Å². The molecule has 29 heavy (non-hydrogen) atoms. The minimum Gasteiger partial charge on any atom is -0.336 e. The van der Waals surface area contributed by atoms with Crippen molar-refractivity contribution in [3.63, 3.8) is 0 Å². The van der Waals surface area contributed by atoms with E-state index in [4.69, 9.17) is 0 Å². The van der Waals surface area contributed by atoms with Crippen molar-refractivity contribution < 1.29 is 4.79 Å². The Kier molecular flexibility index (Phi) is 6.95. The standard InChI is InChI=1S/C23H32N4OS/c1-25(15-11-19-8-3-2-4-9-19)20-10-7-14-27(17-20)23(28)21-16-24-22(29-21)18-26-12-5-6-13-26/h2-4,8-9,16,20H,5-7,10-15,17-18H2,1H3/t20-/m1/s1. The van der Waals surface area contributed by atoms with Crippen LogP contribution >= 0.6 is 11.3 Å². The summed E-state index contributed by atoms with van der Waals surface area (Å²) in [6.45, 7) is 5.92. The molecule has 0 spiro atoms. The van der Waals surface area contributed by atoms with Gasteiger partial charge in [0.1, 0.15) is 9.88 Å². The molecule has 0 bridgehead atoms. The van der Waals surface area contributed by atoms with Crippen LogP contribution in [0, 0.1) is 0 Å². The van der Waals surface area contributed by atoms with E-state index in [1.54, 1.807) is 17.5 Å². The van der Waals surface area contributed by atoms with Gasteiger partial charge >= 0.3 is 0 Å². The molecule has 2 aromatic rings. The van der Waals surface area contributed by atoms with Crippen molar-refractivity contribution in [1.82, 2.24) is 19.7 Å². The number of carbonyl (C=O) groups excluding carboxylic acids is 1. The summed E-state index contributed by atoms with van der Waals surface area (Å²) in [5.74, 6) is 0.163. The van der Waals surface area contributed by atoms with Gasteiger partial charge < -0.3 is 9.80 Å². The fraction of sp³-hybridized carbons (Fsp3) is 0.565. The first-order valence-electron chi connectivity index (χ1n) is 10.9. The normalized spacial score (nSPS) is 20.5. The molecule has 2 saturated heterocycles. The lowest BCUT2D eigenvalue weighted by atomic mass is 10.0. The minimum atomic E-state index is 0.163. The predicted molar refractivity (Wildman–Crippen MR) is 118 cm³/mol. The monoisotopic (exact) mass is 412 g/mol. The molecule has 156 valence electrons. The summed E-state index contributed by atoms with van der Waals surface area (Å²) in [6.07, 6.45) is 7.65. The molecule has 1 aromatic heterocycles. The molecule has 0 radical (unpaired) electrons. The van der Waals surface area contributed by atoms with Crippen LogP contribution < -0.4 is 0 Å². The molecule has 4 rings (SSSR count). The van der Waals surface area contributed by atoms with Gasteiger partial charge in [0.2, 0.25) is 0 Å². The van der Waals surface area contributed by atoms with E-state index in [0.29, 0.717) is 6.04 Å². The van der Waals surface area contributed by atoms with Crippen LogP contribution in [0.25, 0.3) is 0 Å². The maximum atomic E-state index is 13.1. The van der Waals surface area contributed by atoms with Crippen LogP contribution in [0.4, 0.5) is 0 Å². The van der Waals surface area contributed by atoms with E-state index in [2.05, 4.69) is 52.2 Å². The summed E-state index contributed by atoms with van der Waals surface area (Å²) in [5.41, 5.74) is 1.37. The molecule has 0 unspecified atom stereocenters. The van der Waals surface area contributed by atoms with Crippen LogP contribution in [-0.4, -0.2) is 71.4 Å². The Balaban J connectivity index is 1.30. The van der Waals surface area contributed by atoms with Crippen LogP contribution in [0.5, 0.6) is 0 Å². The third-order valence-electron chi connectivity index (χ3n) is 6.22. The van der Waals surface area contributed by atoms with Crippen molar-refractivity contribution >= 4 is 17.2 Å². The third-order valence-corrected chi connectivity index (χ3v) is 7.20. The first-order valence-corrected chi connectivity index (χ1v) is 11.7. The molecule has 1 amide bonds. The molecule has 1 aromatic carbocycles. The fourth-order valence-electron chi connectivity index (χ4n) is 4.40. The zero-order valence-electron chi connectivity index (χ0n) is 17.4. The molecule has 6 heteroatoms. The molecule has 5 nitrogen and oxygen atoms in total. The number of rotatable bonds is 7. The minimum absolute atomic E-state index is 0.163. The van der Waals surface area contributed by atoms with Crippen molar-refractivity contribution in [3.8, 4) is 0 Å². The van der Waals surface area contributed by atoms with E-state index in [0.717, 1.165) is 68.4 Å². The number of hydrogen-bond donors (Lipinski definition) is 0. The first kappa shape index (κ1) is 20.5. The topological polar surface area (TPSA) is 39.7 Å². The Morgan fingerprint density at radius 3 is 2.76 bits per heavy atom. The highest BCUT2D eigenvalue weighted by Crippen LogP contribution is 2.22. The van der Waals surface area contributed by atoms with Gasteiger partial charge in [-0.25, -0.2) is 4.98 Å². The summed E-state index contributed by atoms with van der Waals surface area (Å²) in [6, 6.07) is 11.1. The van der Waals surface area contributed by atoms with Gasteiger partial charge in [-0.15, -0.1) is 11.3 Å². The smallest absolute Gasteiger partial charge is 0.265 e. The SMILES string of the molecule is CN(CCc1ccccc1)[C@@H]1CCCN(C(=O)c2cnc(CN3CCCC3)s2)C1. The zero-order chi connectivity index (χ0) is 20.1. The number of nitrogens with zero attached hydrogens (tertiary/aromatic N) is 4. The highest BCUT2D eigenvalue weighted by Gasteiger charge is 2.28. The molecule has 2 aliphatic heterocycles. The van der Waals surface area contributed by atoms with Crippen LogP contribution in [0.3, 0.4) is 0 Å². The second-order valence-electron chi connectivity index (χ2n) is 8.36. The van der Waals surface area contributed by atoms with Gasteiger partial charge in [-0.2, -0.15) is 0 Å². The van der Waals surface area contributed by atoms with Crippen molar-refractivity contribution in [2.45, 2.75) is 44.7 Å². The van der Waals surface area contributed by atoms with E-state index in [1.165, 1.54) is 18.4 Å². The summed E-state index contributed by atoms with van der Waals surface area (Å²) < 4.78 is 0. The summed E-state index contributed by atoms with van der Waals surface area (Å²) in [4.78, 5) is 25.3. The van der Waals surface area contributed by atoms with Gasteiger partial charge in [0.05, 0.1) is 12.7 Å². The van der Waals surface area contributed by atoms with Crippen molar-refractivity contribution in [2.75, 3.05) is 39.8 Å². The van der Waals surface area contributed by atoms with Gasteiger partial charge in [0.25, 0.3) is 5.91 Å². The number of likely N-dealkylation sites (tertiary alicyclic amines) is 2. The Morgan fingerprint density at radius 2 is 1.97 bits per heavy atom. The van der Waals surface area contributed by atoms with Gasteiger partial charge in [-0.3, -0.25) is 9.69 Å². The first-order chi connectivity index (χ1) is 14.2. The lowest BCUT2D eigenvalue weighted by molar-refractivity contribution is 0.0616. The van der Waals surface area contributed by atoms with Crippen LogP contribution in [-0.2, 0) is 13.0 Å². The van der Waals surface area contributed by atoms with E-state index in [1.807, 2.05) is 4.90 Å². The molecule has 1 atom stereocenters. The highest BCUT2D eigenvalue weighted by molar-refractivity contribution is 7.13. The number of hydrogen-bond acceptors (Lipinski definition) is 5. The quantitative estimate of drug-likeness (QED) is 0.698. The number of benzene rings is 1. The Hall–Kier alpha value is -1.76. The van der Waals surface area contributed by atoms with Gasteiger partial charge in [0.15, 0.2) is 0 Å². The van der Waals surface area contributed by atoms with Gasteiger partial charge in [-0.1, -0.05) is 30.3 Å². The lowest BCUT2D eigenvalue weighted by Gasteiger charge is -2.37. The highest BCUT2D eigenvalue weighted by atomic mass is 32.1. The Morgan fingerprint density at radius 1 is 1.17 bits per heavy atom. The Bertz CT molecular complexity index is 787. The fourth-order valence-corrected chi connectivity index (χ4v) is 5.33. The van der Waals surface area contributed by atoms with Crippen LogP contribution in [0.2, 0.25) is 0 Å². The van der Waals surface area contributed by atoms with Gasteiger partial charge in [0, 0.05) is 25.7 Å².